The maximum atomic E-state index is 5.55. The van der Waals surface area contributed by atoms with E-state index >= 15 is 0 Å². The molecule has 0 radical (unpaired) electrons. The van der Waals surface area contributed by atoms with Gasteiger partial charge in [-0.25, -0.2) is 9.97 Å². The topological polar surface area (TPSA) is 61.0 Å². The zero-order chi connectivity index (χ0) is 13.1. The van der Waals surface area contributed by atoms with Gasteiger partial charge in [0.15, 0.2) is 0 Å². The van der Waals surface area contributed by atoms with E-state index in [0.29, 0.717) is 5.95 Å². The van der Waals surface area contributed by atoms with Crippen LogP contribution in [0, 0.1) is 13.8 Å². The second-order valence-corrected chi connectivity index (χ2v) is 4.33. The number of nitrogens with two attached hydrogens (primary N) is 1. The minimum absolute atomic E-state index is 0.312. The Bertz CT molecular complexity index is 567. The Hall–Kier alpha value is -2.10. The van der Waals surface area contributed by atoms with Crippen molar-refractivity contribution < 1.29 is 4.74 Å². The molecule has 2 aromatic rings. The molecule has 0 unspecified atom stereocenters. The van der Waals surface area contributed by atoms with E-state index in [2.05, 4.69) is 22.1 Å². The van der Waals surface area contributed by atoms with Gasteiger partial charge in [0.2, 0.25) is 5.95 Å². The Balaban J connectivity index is 2.33. The molecule has 1 aromatic heterocycles. The molecule has 0 aliphatic rings. The Morgan fingerprint density at radius 2 is 2.00 bits per heavy atom. The van der Waals surface area contributed by atoms with Crippen LogP contribution in [0.2, 0.25) is 0 Å². The van der Waals surface area contributed by atoms with Gasteiger partial charge in [0.25, 0.3) is 0 Å². The van der Waals surface area contributed by atoms with Crippen molar-refractivity contribution in [1.82, 2.24) is 9.97 Å². The number of aromatic nitrogens is 2. The standard InChI is InChI=1S/C14H17N3O/c1-9-4-5-11(13(6-9)18-3)7-12-8-16-14(15)17-10(12)2/h4-6,8H,7H2,1-3H3,(H2,15,16,17). The summed E-state index contributed by atoms with van der Waals surface area (Å²) in [5.74, 6) is 1.21. The van der Waals surface area contributed by atoms with Crippen LogP contribution >= 0.6 is 0 Å². The van der Waals surface area contributed by atoms with E-state index in [1.807, 2.05) is 19.9 Å². The molecule has 0 aliphatic heterocycles. The fourth-order valence-electron chi connectivity index (χ4n) is 1.89. The number of aryl methyl sites for hydroxylation is 2. The Morgan fingerprint density at radius 3 is 2.67 bits per heavy atom. The first-order valence-electron chi connectivity index (χ1n) is 5.81. The molecule has 0 spiro atoms. The lowest BCUT2D eigenvalue weighted by Crippen LogP contribution is -2.02. The molecule has 0 saturated carbocycles. The van der Waals surface area contributed by atoms with Gasteiger partial charge in [0.05, 0.1) is 7.11 Å². The molecule has 4 heteroatoms. The van der Waals surface area contributed by atoms with Gasteiger partial charge in [0.1, 0.15) is 5.75 Å². The fraction of sp³-hybridized carbons (Fsp3) is 0.286. The lowest BCUT2D eigenvalue weighted by atomic mass is 10.0. The summed E-state index contributed by atoms with van der Waals surface area (Å²) in [6.45, 7) is 3.98. The van der Waals surface area contributed by atoms with Crippen molar-refractivity contribution in [2.75, 3.05) is 12.8 Å². The van der Waals surface area contributed by atoms with Crippen LogP contribution in [0.1, 0.15) is 22.4 Å². The van der Waals surface area contributed by atoms with Crippen molar-refractivity contribution in [2.24, 2.45) is 0 Å². The third-order valence-corrected chi connectivity index (χ3v) is 2.92. The number of nitrogen functional groups attached to an aromatic ring is 1. The number of rotatable bonds is 3. The summed E-state index contributed by atoms with van der Waals surface area (Å²) in [6.07, 6.45) is 2.52. The molecule has 0 fully saturated rings. The van der Waals surface area contributed by atoms with Crippen LogP contribution in [0.25, 0.3) is 0 Å². The molecule has 0 bridgehead atoms. The fourth-order valence-corrected chi connectivity index (χ4v) is 1.89. The molecule has 0 aliphatic carbocycles. The molecule has 4 nitrogen and oxygen atoms in total. The maximum Gasteiger partial charge on any atom is 0.220 e. The minimum atomic E-state index is 0.312. The SMILES string of the molecule is COc1cc(C)ccc1Cc1cnc(N)nc1C. The van der Waals surface area contributed by atoms with Crippen LogP contribution in [0.5, 0.6) is 5.75 Å². The maximum absolute atomic E-state index is 5.55. The first-order chi connectivity index (χ1) is 8.60. The van der Waals surface area contributed by atoms with E-state index in [1.54, 1.807) is 13.3 Å². The van der Waals surface area contributed by atoms with E-state index in [1.165, 1.54) is 5.56 Å². The van der Waals surface area contributed by atoms with Gasteiger partial charge in [-0.1, -0.05) is 12.1 Å². The monoisotopic (exact) mass is 243 g/mol. The number of ether oxygens (including phenoxy) is 1. The third-order valence-electron chi connectivity index (χ3n) is 2.92. The second-order valence-electron chi connectivity index (χ2n) is 4.33. The summed E-state index contributed by atoms with van der Waals surface area (Å²) in [5.41, 5.74) is 9.82. The van der Waals surface area contributed by atoms with Crippen LogP contribution in [0.4, 0.5) is 5.95 Å². The minimum Gasteiger partial charge on any atom is -0.496 e. The molecule has 18 heavy (non-hydrogen) atoms. The highest BCUT2D eigenvalue weighted by atomic mass is 16.5. The highest BCUT2D eigenvalue weighted by molar-refractivity contribution is 5.41. The van der Waals surface area contributed by atoms with E-state index in [9.17, 15) is 0 Å². The van der Waals surface area contributed by atoms with Crippen molar-refractivity contribution in [3.8, 4) is 5.75 Å². The first kappa shape index (κ1) is 12.4. The average molecular weight is 243 g/mol. The first-order valence-corrected chi connectivity index (χ1v) is 5.81. The third kappa shape index (κ3) is 2.59. The quantitative estimate of drug-likeness (QED) is 0.898. The Kier molecular flexibility index (Phi) is 3.46. The van der Waals surface area contributed by atoms with Crippen molar-refractivity contribution in [1.29, 1.82) is 0 Å². The summed E-state index contributed by atoms with van der Waals surface area (Å²) in [6, 6.07) is 6.18. The van der Waals surface area contributed by atoms with Crippen molar-refractivity contribution in [2.45, 2.75) is 20.3 Å². The molecule has 94 valence electrons. The zero-order valence-electron chi connectivity index (χ0n) is 10.9. The molecule has 0 saturated heterocycles. The molecule has 1 aromatic carbocycles. The van der Waals surface area contributed by atoms with Crippen LogP contribution in [0.15, 0.2) is 24.4 Å². The number of anilines is 1. The summed E-state index contributed by atoms with van der Waals surface area (Å²) in [7, 11) is 1.69. The van der Waals surface area contributed by atoms with Crippen LogP contribution in [0.3, 0.4) is 0 Å². The summed E-state index contributed by atoms with van der Waals surface area (Å²) in [5, 5.41) is 0. The van der Waals surface area contributed by atoms with Gasteiger partial charge < -0.3 is 10.5 Å². The largest absolute Gasteiger partial charge is 0.496 e. The predicted molar refractivity (Wildman–Crippen MR) is 71.7 cm³/mol. The van der Waals surface area contributed by atoms with E-state index < -0.39 is 0 Å². The van der Waals surface area contributed by atoms with Gasteiger partial charge in [-0.15, -0.1) is 0 Å². The van der Waals surface area contributed by atoms with Crippen molar-refractivity contribution in [3.05, 3.63) is 46.8 Å². The van der Waals surface area contributed by atoms with Crippen LogP contribution < -0.4 is 10.5 Å². The molecule has 2 rings (SSSR count). The summed E-state index contributed by atoms with van der Waals surface area (Å²) >= 11 is 0. The molecule has 0 amide bonds. The summed E-state index contributed by atoms with van der Waals surface area (Å²) in [4.78, 5) is 8.20. The normalized spacial score (nSPS) is 10.4. The number of nitrogens with zero attached hydrogens (tertiary/aromatic N) is 2. The Morgan fingerprint density at radius 1 is 1.22 bits per heavy atom. The van der Waals surface area contributed by atoms with Crippen LogP contribution in [-0.2, 0) is 6.42 Å². The molecule has 1 heterocycles. The zero-order valence-corrected chi connectivity index (χ0v) is 10.9. The molecular formula is C14H17N3O. The average Bonchev–Trinajstić information content (AvgIpc) is 2.34. The van der Waals surface area contributed by atoms with Gasteiger partial charge >= 0.3 is 0 Å². The lowest BCUT2D eigenvalue weighted by Gasteiger charge is -2.10. The second kappa shape index (κ2) is 5.04. The van der Waals surface area contributed by atoms with E-state index in [4.69, 9.17) is 10.5 Å². The van der Waals surface area contributed by atoms with Crippen molar-refractivity contribution >= 4 is 5.95 Å². The van der Waals surface area contributed by atoms with E-state index in [-0.39, 0.29) is 0 Å². The highest BCUT2D eigenvalue weighted by Crippen LogP contribution is 2.23. The number of hydrogen-bond donors (Lipinski definition) is 1. The number of benzene rings is 1. The molecule has 0 atom stereocenters. The van der Waals surface area contributed by atoms with Gasteiger partial charge in [-0.3, -0.25) is 0 Å². The molecule has 2 N–H and O–H groups in total. The lowest BCUT2D eigenvalue weighted by molar-refractivity contribution is 0.410. The number of hydrogen-bond acceptors (Lipinski definition) is 4. The van der Waals surface area contributed by atoms with Gasteiger partial charge in [-0.2, -0.15) is 0 Å². The van der Waals surface area contributed by atoms with Gasteiger partial charge in [0, 0.05) is 18.3 Å². The Labute approximate surface area is 107 Å². The van der Waals surface area contributed by atoms with Gasteiger partial charge in [-0.05, 0) is 36.6 Å². The summed E-state index contributed by atoms with van der Waals surface area (Å²) < 4.78 is 5.40. The van der Waals surface area contributed by atoms with Crippen molar-refractivity contribution in [3.63, 3.8) is 0 Å². The molecular weight excluding hydrogens is 226 g/mol. The van der Waals surface area contributed by atoms with Crippen LogP contribution in [-0.4, -0.2) is 17.1 Å². The highest BCUT2D eigenvalue weighted by Gasteiger charge is 2.07. The number of methoxy groups -OCH3 is 1. The smallest absolute Gasteiger partial charge is 0.220 e. The van der Waals surface area contributed by atoms with E-state index in [0.717, 1.165) is 29.0 Å². The predicted octanol–water partition coefficient (Wildman–Crippen LogP) is 2.28.